The third-order valence-electron chi connectivity index (χ3n) is 4.96. The van der Waals surface area contributed by atoms with Crippen molar-refractivity contribution in [2.75, 3.05) is 7.11 Å². The maximum Gasteiger partial charge on any atom is 0.371 e. The minimum Gasteiger partial charge on any atom is -0.493 e. The first-order valence-electron chi connectivity index (χ1n) is 10.1. The summed E-state index contributed by atoms with van der Waals surface area (Å²) in [5, 5.41) is 11.5. The molecule has 1 aliphatic heterocycles. The molecule has 1 aliphatic rings. The summed E-state index contributed by atoms with van der Waals surface area (Å²) in [5.74, 6) is -1.23. The Labute approximate surface area is 193 Å². The van der Waals surface area contributed by atoms with Crippen molar-refractivity contribution in [3.05, 3.63) is 88.8 Å². The first-order chi connectivity index (χ1) is 16.3. The van der Waals surface area contributed by atoms with E-state index in [0.717, 1.165) is 4.90 Å². The summed E-state index contributed by atoms with van der Waals surface area (Å²) >= 11 is 0. The molecule has 9 nitrogen and oxygen atoms in total. The fraction of sp³-hybridized carbons (Fsp3) is 0.125. The molecule has 1 saturated heterocycles. The van der Waals surface area contributed by atoms with Gasteiger partial charge in [0.05, 0.1) is 13.7 Å². The highest BCUT2D eigenvalue weighted by atomic mass is 19.1. The van der Waals surface area contributed by atoms with E-state index in [-0.39, 0.29) is 24.6 Å². The fourth-order valence-corrected chi connectivity index (χ4v) is 3.27. The lowest BCUT2D eigenvalue weighted by Gasteiger charge is -2.11. The topological polar surface area (TPSA) is 118 Å². The van der Waals surface area contributed by atoms with Crippen LogP contribution in [0.25, 0.3) is 6.08 Å². The Bertz CT molecular complexity index is 1280. The standard InChI is InChI=1S/C24H19FN2O7/c1-32-21-11-15(4-8-19(21)33-13-17-7-9-20(34-17)23(29)30)10-18-22(28)27(24(31)26-18)12-14-2-5-16(25)6-3-14/h2-11H,12-13H2,1H3,(H,26,31)(H,29,30). The lowest BCUT2D eigenvalue weighted by atomic mass is 10.1. The van der Waals surface area contributed by atoms with Gasteiger partial charge in [0.2, 0.25) is 5.76 Å². The monoisotopic (exact) mass is 466 g/mol. The molecule has 2 N–H and O–H groups in total. The van der Waals surface area contributed by atoms with E-state index in [0.29, 0.717) is 28.4 Å². The van der Waals surface area contributed by atoms with Gasteiger partial charge in [0.15, 0.2) is 11.5 Å². The van der Waals surface area contributed by atoms with Gasteiger partial charge in [-0.15, -0.1) is 0 Å². The number of benzene rings is 2. The smallest absolute Gasteiger partial charge is 0.371 e. The third-order valence-corrected chi connectivity index (χ3v) is 4.96. The number of halogens is 1. The number of imide groups is 1. The van der Waals surface area contributed by atoms with E-state index in [2.05, 4.69) is 5.32 Å². The Kier molecular flexibility index (Phi) is 6.30. The number of methoxy groups -OCH3 is 1. The zero-order valence-electron chi connectivity index (χ0n) is 17.9. The average Bonchev–Trinajstić information content (AvgIpc) is 3.40. The number of rotatable bonds is 8. The molecule has 3 aromatic rings. The molecule has 2 aromatic carbocycles. The molecule has 10 heteroatoms. The Hall–Kier alpha value is -4.60. The predicted octanol–water partition coefficient (Wildman–Crippen LogP) is 3.80. The second-order valence-corrected chi connectivity index (χ2v) is 7.28. The highest BCUT2D eigenvalue weighted by Gasteiger charge is 2.33. The lowest BCUT2D eigenvalue weighted by molar-refractivity contribution is -0.123. The lowest BCUT2D eigenvalue weighted by Crippen LogP contribution is -2.30. The van der Waals surface area contributed by atoms with Crippen LogP contribution in [0, 0.1) is 5.82 Å². The molecule has 1 fully saturated rings. The molecule has 174 valence electrons. The second-order valence-electron chi connectivity index (χ2n) is 7.28. The molecule has 0 bridgehead atoms. The molecule has 0 spiro atoms. The number of hydrogen-bond donors (Lipinski definition) is 2. The van der Waals surface area contributed by atoms with Gasteiger partial charge in [0, 0.05) is 0 Å². The maximum absolute atomic E-state index is 13.1. The van der Waals surface area contributed by atoms with Crippen LogP contribution < -0.4 is 14.8 Å². The minimum absolute atomic E-state index is 0.00869. The first-order valence-corrected chi connectivity index (χ1v) is 10.1. The number of ether oxygens (including phenoxy) is 2. The normalized spacial score (nSPS) is 14.4. The quantitative estimate of drug-likeness (QED) is 0.383. The summed E-state index contributed by atoms with van der Waals surface area (Å²) in [7, 11) is 1.45. The van der Waals surface area contributed by atoms with E-state index < -0.39 is 23.7 Å². The van der Waals surface area contributed by atoms with Crippen LogP contribution in [-0.2, 0) is 17.9 Å². The molecular weight excluding hydrogens is 447 g/mol. The van der Waals surface area contributed by atoms with E-state index >= 15 is 0 Å². The summed E-state index contributed by atoms with van der Waals surface area (Å²) < 4.78 is 29.3. The van der Waals surface area contributed by atoms with Gasteiger partial charge >= 0.3 is 12.0 Å². The van der Waals surface area contributed by atoms with E-state index in [1.54, 1.807) is 18.2 Å². The number of nitrogens with one attached hydrogen (secondary N) is 1. The van der Waals surface area contributed by atoms with Crippen molar-refractivity contribution < 1.29 is 37.8 Å². The largest absolute Gasteiger partial charge is 0.493 e. The summed E-state index contributed by atoms with van der Waals surface area (Å²) in [4.78, 5) is 36.9. The molecule has 34 heavy (non-hydrogen) atoms. The number of aromatic carboxylic acids is 1. The van der Waals surface area contributed by atoms with E-state index in [9.17, 15) is 18.8 Å². The first kappa shape index (κ1) is 22.6. The minimum atomic E-state index is -1.17. The van der Waals surface area contributed by atoms with Crippen molar-refractivity contribution in [2.24, 2.45) is 0 Å². The summed E-state index contributed by atoms with van der Waals surface area (Å²) in [6.07, 6.45) is 1.50. The third kappa shape index (κ3) is 4.90. The highest BCUT2D eigenvalue weighted by molar-refractivity contribution is 6.13. The molecule has 0 saturated carbocycles. The molecule has 2 heterocycles. The SMILES string of the molecule is COc1cc(C=C2NC(=O)N(Cc3ccc(F)cc3)C2=O)ccc1OCc1ccc(C(=O)O)o1. The molecule has 4 rings (SSSR count). The van der Waals surface area contributed by atoms with Crippen molar-refractivity contribution >= 4 is 24.0 Å². The Morgan fingerprint density at radius 2 is 1.88 bits per heavy atom. The van der Waals surface area contributed by atoms with Gasteiger partial charge in [-0.3, -0.25) is 9.69 Å². The van der Waals surface area contributed by atoms with Gasteiger partial charge in [-0.25, -0.2) is 14.0 Å². The van der Waals surface area contributed by atoms with Crippen molar-refractivity contribution in [3.63, 3.8) is 0 Å². The molecule has 0 atom stereocenters. The van der Waals surface area contributed by atoms with E-state index in [1.165, 1.54) is 49.6 Å². The van der Waals surface area contributed by atoms with Gasteiger partial charge in [0.25, 0.3) is 5.91 Å². The van der Waals surface area contributed by atoms with E-state index in [4.69, 9.17) is 19.0 Å². The molecule has 1 aromatic heterocycles. The van der Waals surface area contributed by atoms with Crippen LogP contribution in [0.5, 0.6) is 11.5 Å². The van der Waals surface area contributed by atoms with Crippen molar-refractivity contribution in [3.8, 4) is 11.5 Å². The second kappa shape index (κ2) is 9.49. The number of carbonyl (C=O) groups excluding carboxylic acids is 2. The van der Waals surface area contributed by atoms with Crippen LogP contribution in [0.1, 0.15) is 27.4 Å². The van der Waals surface area contributed by atoms with Gasteiger partial charge in [0.1, 0.15) is 23.9 Å². The number of nitrogens with zero attached hydrogens (tertiary/aromatic N) is 1. The number of urea groups is 1. The number of carbonyl (C=O) groups is 3. The molecular formula is C24H19FN2O7. The zero-order valence-corrected chi connectivity index (χ0v) is 17.9. The zero-order chi connectivity index (χ0) is 24.2. The van der Waals surface area contributed by atoms with Crippen LogP contribution in [0.3, 0.4) is 0 Å². The summed E-state index contributed by atoms with van der Waals surface area (Å²) in [5.41, 5.74) is 1.27. The van der Waals surface area contributed by atoms with Crippen molar-refractivity contribution in [2.45, 2.75) is 13.2 Å². The molecule has 0 unspecified atom stereocenters. The number of amides is 3. The van der Waals surface area contributed by atoms with Gasteiger partial charge in [-0.2, -0.15) is 0 Å². The van der Waals surface area contributed by atoms with Gasteiger partial charge in [-0.1, -0.05) is 18.2 Å². The summed E-state index contributed by atoms with van der Waals surface area (Å²) in [6, 6.07) is 12.7. The maximum atomic E-state index is 13.1. The van der Waals surface area contributed by atoms with Crippen LogP contribution in [0.2, 0.25) is 0 Å². The number of furan rings is 1. The number of carboxylic acid groups (broad SMARTS) is 1. The predicted molar refractivity (Wildman–Crippen MR) is 116 cm³/mol. The van der Waals surface area contributed by atoms with Gasteiger partial charge < -0.3 is 24.3 Å². The number of carboxylic acids is 1. The highest BCUT2D eigenvalue weighted by Crippen LogP contribution is 2.30. The van der Waals surface area contributed by atoms with E-state index in [1.807, 2.05) is 0 Å². The average molecular weight is 466 g/mol. The van der Waals surface area contributed by atoms with Gasteiger partial charge in [-0.05, 0) is 53.6 Å². The Morgan fingerprint density at radius 1 is 1.12 bits per heavy atom. The molecule has 0 aliphatic carbocycles. The molecule has 0 radical (unpaired) electrons. The van der Waals surface area contributed by atoms with Crippen LogP contribution >= 0.6 is 0 Å². The number of hydrogen-bond acceptors (Lipinski definition) is 6. The van der Waals surface area contributed by atoms with Crippen LogP contribution in [0.4, 0.5) is 9.18 Å². The van der Waals surface area contributed by atoms with Crippen molar-refractivity contribution in [1.29, 1.82) is 0 Å². The van der Waals surface area contributed by atoms with Crippen LogP contribution in [0.15, 0.2) is 64.7 Å². The Morgan fingerprint density at radius 3 is 2.56 bits per heavy atom. The van der Waals surface area contributed by atoms with Crippen molar-refractivity contribution in [1.82, 2.24) is 10.2 Å². The fourth-order valence-electron chi connectivity index (χ4n) is 3.27. The van der Waals surface area contributed by atoms with Crippen LogP contribution in [-0.4, -0.2) is 35.0 Å². The Balaban J connectivity index is 1.46. The molecule has 3 amide bonds. The summed E-state index contributed by atoms with van der Waals surface area (Å²) in [6.45, 7) is -0.00821.